The number of nitrogens with one attached hydrogen (secondary N) is 1. The highest BCUT2D eigenvalue weighted by Crippen LogP contribution is 2.40. The molecule has 2 heterocycles. The smallest absolute Gasteiger partial charge is 0.335 e. The van der Waals surface area contributed by atoms with Crippen molar-refractivity contribution in [1.82, 2.24) is 4.57 Å². The first-order chi connectivity index (χ1) is 11.2. The lowest BCUT2D eigenvalue weighted by molar-refractivity contribution is -0.136. The molecule has 3 aromatic rings. The normalized spacial score (nSPS) is 15.4. The second-order valence-corrected chi connectivity index (χ2v) is 5.57. The number of ether oxygens (including phenoxy) is 1. The third-order valence-corrected chi connectivity index (χ3v) is 4.28. The Labute approximate surface area is 134 Å². The number of carbonyl (C=O) groups excluding carboxylic acids is 1. The molecule has 0 fully saturated rings. The Morgan fingerprint density at radius 2 is 1.91 bits per heavy atom. The maximum atomic E-state index is 12.0. The summed E-state index contributed by atoms with van der Waals surface area (Å²) in [7, 11) is 1.37. The molecule has 1 N–H and O–H groups in total. The summed E-state index contributed by atoms with van der Waals surface area (Å²) in [5, 5.41) is 4.54. The third-order valence-electron chi connectivity index (χ3n) is 4.28. The summed E-state index contributed by atoms with van der Waals surface area (Å²) >= 11 is 0. The van der Waals surface area contributed by atoms with Gasteiger partial charge in [0.25, 0.3) is 0 Å². The van der Waals surface area contributed by atoms with Crippen molar-refractivity contribution in [2.75, 3.05) is 12.4 Å². The second-order valence-electron chi connectivity index (χ2n) is 5.57. The van der Waals surface area contributed by atoms with Crippen molar-refractivity contribution in [2.45, 2.75) is 6.04 Å². The monoisotopic (exact) mass is 304 g/mol. The molecule has 4 rings (SSSR count). The first-order valence-electron chi connectivity index (χ1n) is 7.44. The molecule has 4 nitrogen and oxygen atoms in total. The van der Waals surface area contributed by atoms with E-state index in [9.17, 15) is 4.79 Å². The zero-order valence-electron chi connectivity index (χ0n) is 12.7. The van der Waals surface area contributed by atoms with Crippen LogP contribution in [0.25, 0.3) is 16.6 Å². The van der Waals surface area contributed by atoms with Gasteiger partial charge in [0.05, 0.1) is 41.3 Å². The number of carbonyl (C=O) groups is 1. The van der Waals surface area contributed by atoms with E-state index < -0.39 is 5.97 Å². The van der Waals surface area contributed by atoms with Crippen LogP contribution in [0.5, 0.6) is 0 Å². The number of aromatic nitrogens is 1. The van der Waals surface area contributed by atoms with Gasteiger partial charge < -0.3 is 14.6 Å². The van der Waals surface area contributed by atoms with Gasteiger partial charge in [0.15, 0.2) is 0 Å². The Balaban J connectivity index is 1.99. The number of anilines is 1. The summed E-state index contributed by atoms with van der Waals surface area (Å²) in [6.45, 7) is 3.94. The molecule has 0 spiro atoms. The fourth-order valence-corrected chi connectivity index (χ4v) is 3.19. The zero-order chi connectivity index (χ0) is 16.0. The van der Waals surface area contributed by atoms with Crippen LogP contribution < -0.4 is 5.32 Å². The lowest BCUT2D eigenvalue weighted by Gasteiger charge is -2.30. The summed E-state index contributed by atoms with van der Waals surface area (Å²) < 4.78 is 7.04. The minimum Gasteiger partial charge on any atom is -0.466 e. The van der Waals surface area contributed by atoms with Crippen LogP contribution in [-0.4, -0.2) is 17.6 Å². The predicted molar refractivity (Wildman–Crippen MR) is 90.8 cm³/mol. The first kappa shape index (κ1) is 13.6. The molecule has 2 aromatic carbocycles. The molecule has 0 saturated carbocycles. The number of para-hydroxylation sites is 3. The topological polar surface area (TPSA) is 43.3 Å². The second kappa shape index (κ2) is 5.02. The molecule has 114 valence electrons. The summed E-state index contributed by atoms with van der Waals surface area (Å²) in [4.78, 5) is 12.0. The molecule has 1 unspecified atom stereocenters. The van der Waals surface area contributed by atoms with Crippen molar-refractivity contribution in [3.8, 4) is 5.69 Å². The van der Waals surface area contributed by atoms with Gasteiger partial charge in [-0.25, -0.2) is 4.79 Å². The average molecular weight is 304 g/mol. The fraction of sp³-hybridized carbons (Fsp3) is 0.105. The molecule has 1 atom stereocenters. The van der Waals surface area contributed by atoms with E-state index in [1.165, 1.54) is 7.11 Å². The number of methoxy groups -OCH3 is 1. The number of benzene rings is 2. The quantitative estimate of drug-likeness (QED) is 0.578. The molecule has 0 radical (unpaired) electrons. The summed E-state index contributed by atoms with van der Waals surface area (Å²) in [6, 6.07) is 18.0. The van der Waals surface area contributed by atoms with Gasteiger partial charge in [-0.3, -0.25) is 0 Å². The van der Waals surface area contributed by atoms with Crippen LogP contribution in [0.3, 0.4) is 0 Å². The Bertz CT molecular complexity index is 939. The maximum absolute atomic E-state index is 12.0. The highest BCUT2D eigenvalue weighted by molar-refractivity contribution is 5.93. The standard InChI is InChI=1S/C19H16N2O2/c1-12(19(22)23-2)18-17-11-13-7-3-5-9-15(13)21(17)16-10-6-4-8-14(16)20-18/h3-11,18,20H,1H2,2H3. The SMILES string of the molecule is C=C(C(=O)OC)C1Nc2ccccc2-n2c1cc1ccccc12. The number of hydrogen-bond acceptors (Lipinski definition) is 3. The highest BCUT2D eigenvalue weighted by atomic mass is 16.5. The predicted octanol–water partition coefficient (Wildman–Crippen LogP) is 3.83. The summed E-state index contributed by atoms with van der Waals surface area (Å²) in [5.74, 6) is -0.404. The van der Waals surface area contributed by atoms with E-state index in [4.69, 9.17) is 4.74 Å². The van der Waals surface area contributed by atoms with Gasteiger partial charge in [0, 0.05) is 5.39 Å². The van der Waals surface area contributed by atoms with E-state index in [0.29, 0.717) is 5.57 Å². The lowest BCUT2D eigenvalue weighted by atomic mass is 10.0. The van der Waals surface area contributed by atoms with Crippen molar-refractivity contribution in [2.24, 2.45) is 0 Å². The van der Waals surface area contributed by atoms with Gasteiger partial charge in [-0.2, -0.15) is 0 Å². The molecule has 4 heteroatoms. The highest BCUT2D eigenvalue weighted by Gasteiger charge is 2.30. The van der Waals surface area contributed by atoms with Gasteiger partial charge in [-0.15, -0.1) is 0 Å². The van der Waals surface area contributed by atoms with Crippen LogP contribution in [0.15, 0.2) is 66.7 Å². The van der Waals surface area contributed by atoms with Crippen molar-refractivity contribution in [3.63, 3.8) is 0 Å². The molecule has 0 bridgehead atoms. The van der Waals surface area contributed by atoms with E-state index in [-0.39, 0.29) is 6.04 Å². The van der Waals surface area contributed by atoms with Crippen LogP contribution in [0.2, 0.25) is 0 Å². The number of hydrogen-bond donors (Lipinski definition) is 1. The Kier molecular flexibility index (Phi) is 2.98. The fourth-order valence-electron chi connectivity index (χ4n) is 3.19. The van der Waals surface area contributed by atoms with Crippen LogP contribution in [-0.2, 0) is 9.53 Å². The van der Waals surface area contributed by atoms with Gasteiger partial charge in [0.2, 0.25) is 0 Å². The molecule has 1 aromatic heterocycles. The van der Waals surface area contributed by atoms with Gasteiger partial charge in [-0.05, 0) is 24.3 Å². The Morgan fingerprint density at radius 3 is 2.74 bits per heavy atom. The van der Waals surface area contributed by atoms with Crippen molar-refractivity contribution >= 4 is 22.6 Å². The molecule has 23 heavy (non-hydrogen) atoms. The zero-order valence-corrected chi connectivity index (χ0v) is 12.7. The maximum Gasteiger partial charge on any atom is 0.335 e. The third kappa shape index (κ3) is 1.95. The molecule has 0 saturated heterocycles. The van der Waals surface area contributed by atoms with Crippen LogP contribution in [0.1, 0.15) is 11.7 Å². The van der Waals surface area contributed by atoms with Gasteiger partial charge in [-0.1, -0.05) is 36.9 Å². The van der Waals surface area contributed by atoms with Crippen molar-refractivity contribution in [1.29, 1.82) is 0 Å². The largest absolute Gasteiger partial charge is 0.466 e. The molecular formula is C19H16N2O2. The number of nitrogens with zero attached hydrogens (tertiary/aromatic N) is 1. The number of rotatable bonds is 2. The Morgan fingerprint density at radius 1 is 1.17 bits per heavy atom. The van der Waals surface area contributed by atoms with Crippen LogP contribution >= 0.6 is 0 Å². The molecule has 0 aliphatic carbocycles. The van der Waals surface area contributed by atoms with E-state index in [1.807, 2.05) is 30.3 Å². The van der Waals surface area contributed by atoms with Crippen LogP contribution in [0.4, 0.5) is 5.69 Å². The van der Waals surface area contributed by atoms with Crippen molar-refractivity contribution in [3.05, 3.63) is 72.4 Å². The van der Waals surface area contributed by atoms with E-state index in [2.05, 4.69) is 40.7 Å². The van der Waals surface area contributed by atoms with E-state index in [0.717, 1.165) is 28.0 Å². The Hall–Kier alpha value is -3.01. The minimum absolute atomic E-state index is 0.315. The molecule has 0 amide bonds. The van der Waals surface area contributed by atoms with E-state index >= 15 is 0 Å². The summed E-state index contributed by atoms with van der Waals surface area (Å²) in [6.07, 6.45) is 0. The first-order valence-corrected chi connectivity index (χ1v) is 7.44. The van der Waals surface area contributed by atoms with Crippen molar-refractivity contribution < 1.29 is 9.53 Å². The minimum atomic E-state index is -0.404. The van der Waals surface area contributed by atoms with E-state index in [1.54, 1.807) is 0 Å². The number of fused-ring (bicyclic) bond motifs is 5. The molecule has 1 aliphatic heterocycles. The van der Waals surface area contributed by atoms with Crippen LogP contribution in [0, 0.1) is 0 Å². The molecule has 1 aliphatic rings. The van der Waals surface area contributed by atoms with Gasteiger partial charge in [0.1, 0.15) is 0 Å². The number of esters is 1. The molecular weight excluding hydrogens is 288 g/mol. The van der Waals surface area contributed by atoms with Gasteiger partial charge >= 0.3 is 5.97 Å². The lowest BCUT2D eigenvalue weighted by Crippen LogP contribution is -2.26. The summed E-state index contributed by atoms with van der Waals surface area (Å²) in [5.41, 5.74) is 4.53. The average Bonchev–Trinajstić information content (AvgIpc) is 2.99.